The summed E-state index contributed by atoms with van der Waals surface area (Å²) in [5.74, 6) is 0.735. The number of anilines is 1. The van der Waals surface area contributed by atoms with Crippen LogP contribution in [0.25, 0.3) is 16.9 Å². The second-order valence-corrected chi connectivity index (χ2v) is 7.53. The Morgan fingerprint density at radius 2 is 1.93 bits per heavy atom. The van der Waals surface area contributed by atoms with Gasteiger partial charge in [-0.3, -0.25) is 4.79 Å². The molecule has 0 bridgehead atoms. The first-order valence-corrected chi connectivity index (χ1v) is 10.5. The summed E-state index contributed by atoms with van der Waals surface area (Å²) in [5.41, 5.74) is 4.45. The first-order chi connectivity index (χ1) is 14.7. The lowest BCUT2D eigenvalue weighted by atomic mass is 10.1. The van der Waals surface area contributed by atoms with Crippen LogP contribution in [-0.4, -0.2) is 38.6 Å². The van der Waals surface area contributed by atoms with Crippen molar-refractivity contribution >= 4 is 29.0 Å². The van der Waals surface area contributed by atoms with Crippen molar-refractivity contribution in [2.24, 2.45) is 0 Å². The zero-order chi connectivity index (χ0) is 20.9. The lowest BCUT2D eigenvalue weighted by molar-refractivity contribution is -0.113. The Labute approximate surface area is 178 Å². The third-order valence-electron chi connectivity index (χ3n) is 4.58. The molecule has 0 unspecified atom stereocenters. The molecule has 1 N–H and O–H groups in total. The number of aromatic nitrogens is 4. The van der Waals surface area contributed by atoms with Crippen molar-refractivity contribution < 1.29 is 9.53 Å². The molecule has 4 rings (SSSR count). The molecule has 2 heterocycles. The number of carbonyl (C=O) groups is 1. The van der Waals surface area contributed by atoms with Crippen LogP contribution in [0.1, 0.15) is 12.5 Å². The first-order valence-electron chi connectivity index (χ1n) is 9.54. The van der Waals surface area contributed by atoms with Crippen LogP contribution in [0.5, 0.6) is 5.75 Å². The molecule has 4 aromatic rings. The summed E-state index contributed by atoms with van der Waals surface area (Å²) >= 11 is 1.29. The predicted octanol–water partition coefficient (Wildman–Crippen LogP) is 4.09. The Balaban J connectivity index is 1.47. The van der Waals surface area contributed by atoms with Crippen LogP contribution in [0.2, 0.25) is 0 Å². The molecule has 30 heavy (non-hydrogen) atoms. The number of benzene rings is 2. The molecule has 1 amide bonds. The topological polar surface area (TPSA) is 81.4 Å². The van der Waals surface area contributed by atoms with Crippen molar-refractivity contribution in [1.29, 1.82) is 0 Å². The Morgan fingerprint density at radius 1 is 1.10 bits per heavy atom. The second-order valence-electron chi connectivity index (χ2n) is 6.59. The van der Waals surface area contributed by atoms with Crippen molar-refractivity contribution in [3.05, 3.63) is 66.2 Å². The molecule has 0 aliphatic heterocycles. The lowest BCUT2D eigenvalue weighted by Crippen LogP contribution is -2.14. The molecule has 0 saturated heterocycles. The highest BCUT2D eigenvalue weighted by Crippen LogP contribution is 2.22. The van der Waals surface area contributed by atoms with Crippen LogP contribution in [0.4, 0.5) is 5.69 Å². The van der Waals surface area contributed by atoms with E-state index in [0.29, 0.717) is 22.2 Å². The molecule has 2 aromatic carbocycles. The van der Waals surface area contributed by atoms with Gasteiger partial charge in [-0.1, -0.05) is 49.0 Å². The van der Waals surface area contributed by atoms with Gasteiger partial charge in [-0.2, -0.15) is 9.61 Å². The molecule has 0 atom stereocenters. The largest absolute Gasteiger partial charge is 0.497 e. The fourth-order valence-corrected chi connectivity index (χ4v) is 3.64. The van der Waals surface area contributed by atoms with E-state index in [2.05, 4.69) is 51.8 Å². The fourth-order valence-electron chi connectivity index (χ4n) is 2.95. The Kier molecular flexibility index (Phi) is 5.94. The van der Waals surface area contributed by atoms with E-state index in [1.807, 2.05) is 30.3 Å². The number of amides is 1. The van der Waals surface area contributed by atoms with Crippen LogP contribution in [-0.2, 0) is 11.2 Å². The van der Waals surface area contributed by atoms with Crippen molar-refractivity contribution in [1.82, 2.24) is 19.8 Å². The van der Waals surface area contributed by atoms with Gasteiger partial charge in [-0.25, -0.2) is 0 Å². The molecule has 2 aromatic heterocycles. The molecule has 7 nitrogen and oxygen atoms in total. The minimum atomic E-state index is -0.142. The molecule has 0 saturated carbocycles. The fraction of sp³-hybridized carbons (Fsp3) is 0.182. The van der Waals surface area contributed by atoms with Gasteiger partial charge in [0.15, 0.2) is 5.65 Å². The van der Waals surface area contributed by atoms with E-state index in [9.17, 15) is 4.79 Å². The van der Waals surface area contributed by atoms with Gasteiger partial charge in [0.25, 0.3) is 0 Å². The number of fused-ring (bicyclic) bond motifs is 1. The van der Waals surface area contributed by atoms with Crippen LogP contribution in [0, 0.1) is 0 Å². The molecular weight excluding hydrogens is 398 g/mol. The van der Waals surface area contributed by atoms with Crippen LogP contribution < -0.4 is 10.1 Å². The van der Waals surface area contributed by atoms with Gasteiger partial charge >= 0.3 is 0 Å². The van der Waals surface area contributed by atoms with E-state index in [-0.39, 0.29) is 11.7 Å². The summed E-state index contributed by atoms with van der Waals surface area (Å²) in [6, 6.07) is 19.4. The Hall–Kier alpha value is -3.39. The lowest BCUT2D eigenvalue weighted by Gasteiger charge is -2.07. The highest BCUT2D eigenvalue weighted by molar-refractivity contribution is 7.99. The molecule has 0 radical (unpaired) electrons. The molecule has 152 valence electrons. The summed E-state index contributed by atoms with van der Waals surface area (Å²) in [6.45, 7) is 2.13. The number of hydrogen-bond donors (Lipinski definition) is 1. The second kappa shape index (κ2) is 8.96. The van der Waals surface area contributed by atoms with E-state index in [1.54, 1.807) is 17.7 Å². The van der Waals surface area contributed by atoms with Crippen molar-refractivity contribution in [3.63, 3.8) is 0 Å². The maximum absolute atomic E-state index is 12.3. The summed E-state index contributed by atoms with van der Waals surface area (Å²) in [7, 11) is 1.59. The summed E-state index contributed by atoms with van der Waals surface area (Å²) < 4.78 is 6.85. The average molecular weight is 420 g/mol. The number of hydrogen-bond acceptors (Lipinski definition) is 6. The maximum Gasteiger partial charge on any atom is 0.234 e. The zero-order valence-electron chi connectivity index (χ0n) is 16.7. The Morgan fingerprint density at radius 3 is 2.70 bits per heavy atom. The predicted molar refractivity (Wildman–Crippen MR) is 118 cm³/mol. The molecule has 8 heteroatoms. The van der Waals surface area contributed by atoms with Gasteiger partial charge in [-0.15, -0.1) is 10.2 Å². The van der Waals surface area contributed by atoms with E-state index < -0.39 is 0 Å². The van der Waals surface area contributed by atoms with Crippen molar-refractivity contribution in [2.45, 2.75) is 18.5 Å². The molecule has 0 fully saturated rings. The van der Waals surface area contributed by atoms with E-state index in [1.165, 1.54) is 17.3 Å². The van der Waals surface area contributed by atoms with Crippen molar-refractivity contribution in [2.75, 3.05) is 18.2 Å². The van der Waals surface area contributed by atoms with E-state index in [0.717, 1.165) is 17.7 Å². The van der Waals surface area contributed by atoms with Gasteiger partial charge < -0.3 is 10.1 Å². The Bertz CT molecular complexity index is 1170. The highest BCUT2D eigenvalue weighted by atomic mass is 32.2. The third-order valence-corrected chi connectivity index (χ3v) is 5.50. The minimum absolute atomic E-state index is 0.142. The molecule has 0 aliphatic carbocycles. The molecule has 0 spiro atoms. The number of thioether (sulfide) groups is 1. The first kappa shape index (κ1) is 19.9. The minimum Gasteiger partial charge on any atom is -0.497 e. The maximum atomic E-state index is 12.3. The van der Waals surface area contributed by atoms with E-state index in [4.69, 9.17) is 4.74 Å². The number of aryl methyl sites for hydroxylation is 1. The van der Waals surface area contributed by atoms with Gasteiger partial charge in [0.05, 0.1) is 18.6 Å². The molecular formula is C22H21N5O2S. The normalized spacial score (nSPS) is 10.9. The van der Waals surface area contributed by atoms with Crippen LogP contribution >= 0.6 is 11.8 Å². The van der Waals surface area contributed by atoms with Crippen LogP contribution in [0.3, 0.4) is 0 Å². The van der Waals surface area contributed by atoms with Gasteiger partial charge in [0.2, 0.25) is 11.1 Å². The smallest absolute Gasteiger partial charge is 0.234 e. The zero-order valence-corrected chi connectivity index (χ0v) is 17.5. The summed E-state index contributed by atoms with van der Waals surface area (Å²) in [6.07, 6.45) is 0.997. The van der Waals surface area contributed by atoms with Gasteiger partial charge in [0, 0.05) is 17.3 Å². The number of nitrogens with zero attached hydrogens (tertiary/aromatic N) is 4. The molecule has 0 aliphatic rings. The summed E-state index contributed by atoms with van der Waals surface area (Å²) in [4.78, 5) is 12.3. The van der Waals surface area contributed by atoms with Crippen molar-refractivity contribution in [3.8, 4) is 17.0 Å². The van der Waals surface area contributed by atoms with Gasteiger partial charge in [-0.05, 0) is 36.2 Å². The summed E-state index contributed by atoms with van der Waals surface area (Å²) in [5, 5.41) is 16.4. The number of nitrogens with one attached hydrogen (secondary N) is 1. The number of ether oxygens (including phenoxy) is 1. The number of methoxy groups -OCH3 is 1. The number of rotatable bonds is 7. The SMILES string of the molecule is CCc1ccc(-c2ccc3nnc(SCC(=O)Nc4cccc(OC)c4)n3n2)cc1. The monoisotopic (exact) mass is 419 g/mol. The van der Waals surface area contributed by atoms with Crippen LogP contribution in [0.15, 0.2) is 65.8 Å². The average Bonchev–Trinajstić information content (AvgIpc) is 3.20. The third kappa shape index (κ3) is 4.44. The standard InChI is InChI=1S/C22H21N5O2S/c1-3-15-7-9-16(10-8-15)19-11-12-20-24-25-22(27(20)26-19)30-14-21(28)23-17-5-4-6-18(13-17)29-2/h4-13H,3,14H2,1-2H3,(H,23,28). The number of carbonyl (C=O) groups excluding carboxylic acids is 1. The van der Waals surface area contributed by atoms with E-state index >= 15 is 0 Å². The quantitative estimate of drug-likeness (QED) is 0.454. The highest BCUT2D eigenvalue weighted by Gasteiger charge is 2.12. The van der Waals surface area contributed by atoms with Gasteiger partial charge in [0.1, 0.15) is 5.75 Å².